The van der Waals surface area contributed by atoms with Crippen LogP contribution in [-0.2, 0) is 26.2 Å². The molecule has 0 saturated heterocycles. The highest BCUT2D eigenvalue weighted by Gasteiger charge is 2.33. The molecule has 0 aromatic heterocycles. The predicted octanol–water partition coefficient (Wildman–Crippen LogP) is 5.90. The van der Waals surface area contributed by atoms with Crippen LogP contribution in [0.25, 0.3) is 0 Å². The van der Waals surface area contributed by atoms with Gasteiger partial charge in [-0.1, -0.05) is 64.8 Å². The second-order valence-electron chi connectivity index (χ2n) is 10.3. The summed E-state index contributed by atoms with van der Waals surface area (Å²) < 4.78 is 30.1. The van der Waals surface area contributed by atoms with E-state index in [-0.39, 0.29) is 23.4 Å². The fraction of sp³-hybridized carbons (Fsp3) is 0.355. The maximum absolute atomic E-state index is 14.1. The summed E-state index contributed by atoms with van der Waals surface area (Å²) in [4.78, 5) is 28.8. The predicted molar refractivity (Wildman–Crippen MR) is 164 cm³/mol. The zero-order valence-corrected chi connectivity index (χ0v) is 26.3. The van der Waals surface area contributed by atoms with Crippen molar-refractivity contribution in [3.63, 3.8) is 0 Å². The van der Waals surface area contributed by atoms with Crippen molar-refractivity contribution in [1.29, 1.82) is 0 Å². The van der Waals surface area contributed by atoms with Gasteiger partial charge in [-0.05, 0) is 88.1 Å². The number of nitrogens with zero attached hydrogens (tertiary/aromatic N) is 2. The first-order chi connectivity index (χ1) is 18.8. The van der Waals surface area contributed by atoms with Crippen LogP contribution >= 0.6 is 15.9 Å². The number of carbonyl (C=O) groups is 2. The first-order valence-electron chi connectivity index (χ1n) is 13.3. The fourth-order valence-electron chi connectivity index (χ4n) is 4.17. The average Bonchev–Trinajstić information content (AvgIpc) is 2.92. The Morgan fingerprint density at radius 3 is 2.10 bits per heavy atom. The van der Waals surface area contributed by atoms with Crippen LogP contribution in [0.5, 0.6) is 0 Å². The van der Waals surface area contributed by atoms with Gasteiger partial charge < -0.3 is 10.2 Å². The fourth-order valence-corrected chi connectivity index (χ4v) is 5.91. The quantitative estimate of drug-likeness (QED) is 0.287. The lowest BCUT2D eigenvalue weighted by Gasteiger charge is -2.33. The Morgan fingerprint density at radius 1 is 0.900 bits per heavy atom. The van der Waals surface area contributed by atoms with Crippen molar-refractivity contribution in [3.8, 4) is 0 Å². The number of aryl methyl sites for hydroxylation is 3. The number of rotatable bonds is 11. The molecular formula is C31H38BrN3O4S. The summed E-state index contributed by atoms with van der Waals surface area (Å²) in [6, 6.07) is 18.7. The molecule has 0 fully saturated rings. The van der Waals surface area contributed by atoms with Gasteiger partial charge in [-0.2, -0.15) is 0 Å². The number of sulfonamides is 1. The Kier molecular flexibility index (Phi) is 10.6. The van der Waals surface area contributed by atoms with Crippen LogP contribution in [0.1, 0.15) is 49.4 Å². The highest BCUT2D eigenvalue weighted by molar-refractivity contribution is 9.10. The maximum atomic E-state index is 14.1. The molecule has 2 unspecified atom stereocenters. The smallest absolute Gasteiger partial charge is 0.264 e. The molecule has 0 bridgehead atoms. The topological polar surface area (TPSA) is 86.8 Å². The summed E-state index contributed by atoms with van der Waals surface area (Å²) in [5.41, 5.74) is 3.75. The molecule has 9 heteroatoms. The van der Waals surface area contributed by atoms with Crippen molar-refractivity contribution in [2.45, 2.75) is 71.5 Å². The summed E-state index contributed by atoms with van der Waals surface area (Å²) in [5.74, 6) is -0.772. The van der Waals surface area contributed by atoms with Crippen LogP contribution < -0.4 is 9.62 Å². The van der Waals surface area contributed by atoms with E-state index in [0.717, 1.165) is 37.5 Å². The van der Waals surface area contributed by atoms with E-state index in [4.69, 9.17) is 0 Å². The lowest BCUT2D eigenvalue weighted by molar-refractivity contribution is -0.139. The molecule has 0 aliphatic rings. The van der Waals surface area contributed by atoms with E-state index in [0.29, 0.717) is 5.69 Å². The van der Waals surface area contributed by atoms with Gasteiger partial charge in [0.1, 0.15) is 12.6 Å². The normalized spacial score (nSPS) is 12.9. The summed E-state index contributed by atoms with van der Waals surface area (Å²) in [6.07, 6.45) is 0.744. The van der Waals surface area contributed by atoms with Gasteiger partial charge in [0.15, 0.2) is 0 Å². The van der Waals surface area contributed by atoms with Crippen LogP contribution in [0.3, 0.4) is 0 Å². The second-order valence-corrected chi connectivity index (χ2v) is 13.0. The number of anilines is 1. The third-order valence-electron chi connectivity index (χ3n) is 6.96. The third-order valence-corrected chi connectivity index (χ3v) is 9.26. The van der Waals surface area contributed by atoms with Crippen LogP contribution in [0, 0.1) is 20.8 Å². The molecule has 0 aliphatic heterocycles. The van der Waals surface area contributed by atoms with E-state index >= 15 is 0 Å². The van der Waals surface area contributed by atoms with Gasteiger partial charge in [0.05, 0.1) is 10.6 Å². The molecular weight excluding hydrogens is 590 g/mol. The van der Waals surface area contributed by atoms with Crippen molar-refractivity contribution in [2.75, 3.05) is 10.8 Å². The van der Waals surface area contributed by atoms with Gasteiger partial charge in [-0.25, -0.2) is 8.42 Å². The molecule has 2 atom stereocenters. The van der Waals surface area contributed by atoms with E-state index in [9.17, 15) is 18.0 Å². The Bertz CT molecular complexity index is 1440. The van der Waals surface area contributed by atoms with Gasteiger partial charge in [0.2, 0.25) is 11.8 Å². The van der Waals surface area contributed by atoms with Gasteiger partial charge in [-0.15, -0.1) is 0 Å². The minimum Gasteiger partial charge on any atom is -0.352 e. The monoisotopic (exact) mass is 627 g/mol. The standard InChI is InChI=1S/C31H38BrN3O4S/c1-7-24(5)33-31(37)25(6)34(19-26-12-14-27(32)15-13-26)30(36)20-35(29-18-22(3)8-11-23(29)4)40(38,39)28-16-9-21(2)10-17-28/h8-18,24-25H,7,19-20H2,1-6H3,(H,33,37). The number of halogens is 1. The molecule has 3 aromatic rings. The van der Waals surface area contributed by atoms with Gasteiger partial charge in [-0.3, -0.25) is 13.9 Å². The number of nitrogens with one attached hydrogen (secondary N) is 1. The molecule has 2 amide bonds. The molecule has 0 radical (unpaired) electrons. The zero-order chi connectivity index (χ0) is 29.6. The van der Waals surface area contributed by atoms with Crippen molar-refractivity contribution in [2.24, 2.45) is 0 Å². The minimum absolute atomic E-state index is 0.0621. The molecule has 1 N–H and O–H groups in total. The van der Waals surface area contributed by atoms with Crippen molar-refractivity contribution in [3.05, 3.63) is 93.5 Å². The molecule has 0 aliphatic carbocycles. The first-order valence-corrected chi connectivity index (χ1v) is 15.6. The van der Waals surface area contributed by atoms with E-state index in [1.54, 1.807) is 37.3 Å². The molecule has 214 valence electrons. The SMILES string of the molecule is CCC(C)NC(=O)C(C)N(Cc1ccc(Br)cc1)C(=O)CN(c1cc(C)ccc1C)S(=O)(=O)c1ccc(C)cc1. The van der Waals surface area contributed by atoms with Crippen molar-refractivity contribution < 1.29 is 18.0 Å². The van der Waals surface area contributed by atoms with Crippen LogP contribution in [0.15, 0.2) is 76.1 Å². The third kappa shape index (κ3) is 7.73. The molecule has 0 heterocycles. The van der Waals surface area contributed by atoms with Crippen molar-refractivity contribution in [1.82, 2.24) is 10.2 Å². The van der Waals surface area contributed by atoms with Gasteiger partial charge in [0.25, 0.3) is 10.0 Å². The summed E-state index contributed by atoms with van der Waals surface area (Å²) in [5, 5.41) is 2.95. The number of hydrogen-bond acceptors (Lipinski definition) is 4. The Hall–Kier alpha value is -3.17. The number of amides is 2. The molecule has 3 rings (SSSR count). The average molecular weight is 629 g/mol. The van der Waals surface area contributed by atoms with Crippen LogP contribution in [0.4, 0.5) is 5.69 Å². The molecule has 0 saturated carbocycles. The second kappa shape index (κ2) is 13.5. The van der Waals surface area contributed by atoms with Crippen LogP contribution in [0.2, 0.25) is 0 Å². The number of benzene rings is 3. The van der Waals surface area contributed by atoms with E-state index in [1.165, 1.54) is 4.90 Å². The maximum Gasteiger partial charge on any atom is 0.264 e. The van der Waals surface area contributed by atoms with Gasteiger partial charge >= 0.3 is 0 Å². The van der Waals surface area contributed by atoms with Gasteiger partial charge in [0, 0.05) is 17.1 Å². The highest BCUT2D eigenvalue weighted by Crippen LogP contribution is 2.29. The van der Waals surface area contributed by atoms with Crippen molar-refractivity contribution >= 4 is 43.5 Å². The largest absolute Gasteiger partial charge is 0.352 e. The van der Waals surface area contributed by atoms with Crippen LogP contribution in [-0.4, -0.2) is 43.8 Å². The van der Waals surface area contributed by atoms with E-state index in [2.05, 4.69) is 21.2 Å². The Labute approximate surface area is 246 Å². The summed E-state index contributed by atoms with van der Waals surface area (Å²) in [6.45, 7) is 10.8. The lowest BCUT2D eigenvalue weighted by atomic mass is 10.1. The number of carbonyl (C=O) groups excluding carboxylic acids is 2. The van der Waals surface area contributed by atoms with E-state index < -0.39 is 28.5 Å². The zero-order valence-electron chi connectivity index (χ0n) is 23.9. The Balaban J connectivity index is 2.06. The highest BCUT2D eigenvalue weighted by atomic mass is 79.9. The molecule has 40 heavy (non-hydrogen) atoms. The Morgan fingerprint density at radius 2 is 1.50 bits per heavy atom. The minimum atomic E-state index is -4.11. The molecule has 7 nitrogen and oxygen atoms in total. The summed E-state index contributed by atoms with van der Waals surface area (Å²) >= 11 is 3.43. The summed E-state index contributed by atoms with van der Waals surface area (Å²) in [7, 11) is -4.11. The number of hydrogen-bond donors (Lipinski definition) is 1. The molecule has 3 aromatic carbocycles. The lowest BCUT2D eigenvalue weighted by Crippen LogP contribution is -2.52. The van der Waals surface area contributed by atoms with E-state index in [1.807, 2.05) is 71.0 Å². The molecule has 0 spiro atoms. The first kappa shape index (κ1) is 31.4.